The smallest absolute Gasteiger partial charge is 0.221 e. The van der Waals surface area contributed by atoms with E-state index in [2.05, 4.69) is 36.1 Å². The maximum atomic E-state index is 5.50. The van der Waals surface area contributed by atoms with Gasteiger partial charge in [-0.3, -0.25) is 0 Å². The minimum absolute atomic E-state index is 0.228. The van der Waals surface area contributed by atoms with Gasteiger partial charge in [0.15, 0.2) is 0 Å². The van der Waals surface area contributed by atoms with E-state index in [9.17, 15) is 0 Å². The highest BCUT2D eigenvalue weighted by Gasteiger charge is 2.10. The molecule has 0 aliphatic heterocycles. The van der Waals surface area contributed by atoms with Crippen molar-refractivity contribution >= 4 is 11.8 Å². The van der Waals surface area contributed by atoms with Gasteiger partial charge in [-0.2, -0.15) is 4.98 Å². The molecule has 0 fully saturated rings. The van der Waals surface area contributed by atoms with Crippen molar-refractivity contribution < 1.29 is 0 Å². The molecule has 1 aromatic heterocycles. The number of aryl methyl sites for hydroxylation is 1. The third-order valence-electron chi connectivity index (χ3n) is 1.78. The van der Waals surface area contributed by atoms with E-state index in [1.165, 1.54) is 0 Å². The second kappa shape index (κ2) is 3.82. The van der Waals surface area contributed by atoms with Crippen molar-refractivity contribution in [3.8, 4) is 0 Å². The summed E-state index contributed by atoms with van der Waals surface area (Å²) in [5, 5.41) is 3.26. The van der Waals surface area contributed by atoms with Crippen molar-refractivity contribution in [2.75, 3.05) is 17.6 Å². The van der Waals surface area contributed by atoms with Crippen LogP contribution in [0.2, 0.25) is 0 Å². The van der Waals surface area contributed by atoms with Crippen LogP contribution in [-0.4, -0.2) is 16.5 Å². The first-order chi connectivity index (χ1) is 6.38. The van der Waals surface area contributed by atoms with Gasteiger partial charge in [-0.05, 0) is 12.3 Å². The van der Waals surface area contributed by atoms with E-state index in [4.69, 9.17) is 5.73 Å². The average Bonchev–Trinajstić information content (AvgIpc) is 2.05. The minimum Gasteiger partial charge on any atom is -0.369 e. The second-order valence-electron chi connectivity index (χ2n) is 4.67. The molecule has 0 unspecified atom stereocenters. The molecule has 0 saturated carbocycles. The molecule has 14 heavy (non-hydrogen) atoms. The highest BCUT2D eigenvalue weighted by atomic mass is 15.1. The van der Waals surface area contributed by atoms with Crippen LogP contribution in [0.15, 0.2) is 6.20 Å². The number of nitrogens with zero attached hydrogens (tertiary/aromatic N) is 2. The Kier molecular flexibility index (Phi) is 2.93. The Labute approximate surface area is 85.0 Å². The molecule has 0 spiro atoms. The molecule has 1 aromatic rings. The lowest BCUT2D eigenvalue weighted by Gasteiger charge is -2.19. The Morgan fingerprint density at radius 1 is 1.43 bits per heavy atom. The number of anilines is 2. The Morgan fingerprint density at radius 3 is 2.64 bits per heavy atom. The summed E-state index contributed by atoms with van der Waals surface area (Å²) in [5.41, 5.74) is 6.75. The molecule has 0 aliphatic carbocycles. The van der Waals surface area contributed by atoms with Crippen molar-refractivity contribution in [1.82, 2.24) is 9.97 Å². The Morgan fingerprint density at radius 2 is 2.07 bits per heavy atom. The van der Waals surface area contributed by atoms with Gasteiger partial charge in [0.25, 0.3) is 0 Å². The van der Waals surface area contributed by atoms with Crippen LogP contribution in [0.25, 0.3) is 0 Å². The van der Waals surface area contributed by atoms with Gasteiger partial charge in [0.2, 0.25) is 5.95 Å². The van der Waals surface area contributed by atoms with Gasteiger partial charge in [0.05, 0.1) is 0 Å². The lowest BCUT2D eigenvalue weighted by atomic mass is 9.97. The van der Waals surface area contributed by atoms with Crippen LogP contribution in [0.3, 0.4) is 0 Å². The fraction of sp³-hybridized carbons (Fsp3) is 0.600. The summed E-state index contributed by atoms with van der Waals surface area (Å²) in [6.45, 7) is 9.33. The largest absolute Gasteiger partial charge is 0.369 e. The fourth-order valence-corrected chi connectivity index (χ4v) is 0.984. The van der Waals surface area contributed by atoms with E-state index in [0.29, 0.717) is 5.95 Å². The highest BCUT2D eigenvalue weighted by molar-refractivity contribution is 5.45. The maximum Gasteiger partial charge on any atom is 0.221 e. The first-order valence-electron chi connectivity index (χ1n) is 4.71. The van der Waals surface area contributed by atoms with Crippen molar-refractivity contribution in [1.29, 1.82) is 0 Å². The Hall–Kier alpha value is -1.32. The molecule has 4 heteroatoms. The van der Waals surface area contributed by atoms with Gasteiger partial charge in [-0.15, -0.1) is 0 Å². The summed E-state index contributed by atoms with van der Waals surface area (Å²) in [5.74, 6) is 1.14. The van der Waals surface area contributed by atoms with Crippen molar-refractivity contribution in [2.45, 2.75) is 27.7 Å². The maximum absolute atomic E-state index is 5.50. The SMILES string of the molecule is Cc1cnc(N)nc1NCC(C)(C)C. The summed E-state index contributed by atoms with van der Waals surface area (Å²) < 4.78 is 0. The molecule has 78 valence electrons. The van der Waals surface area contributed by atoms with Crippen molar-refractivity contribution in [3.63, 3.8) is 0 Å². The highest BCUT2D eigenvalue weighted by Crippen LogP contribution is 2.16. The molecule has 0 saturated heterocycles. The van der Waals surface area contributed by atoms with Crippen LogP contribution < -0.4 is 11.1 Å². The summed E-state index contributed by atoms with van der Waals surface area (Å²) in [7, 11) is 0. The first-order valence-corrected chi connectivity index (χ1v) is 4.71. The van der Waals surface area contributed by atoms with Gasteiger partial charge in [-0.25, -0.2) is 4.98 Å². The number of nitrogens with one attached hydrogen (secondary N) is 1. The molecule has 1 rings (SSSR count). The molecule has 0 aromatic carbocycles. The van der Waals surface area contributed by atoms with E-state index in [-0.39, 0.29) is 5.41 Å². The Bertz CT molecular complexity index is 314. The molecule has 3 N–H and O–H groups in total. The summed E-state index contributed by atoms with van der Waals surface area (Å²) in [6.07, 6.45) is 1.73. The Balaban J connectivity index is 2.72. The summed E-state index contributed by atoms with van der Waals surface area (Å²) in [6, 6.07) is 0. The molecule has 0 bridgehead atoms. The van der Waals surface area contributed by atoms with Gasteiger partial charge in [0, 0.05) is 18.3 Å². The molecule has 0 aliphatic rings. The second-order valence-corrected chi connectivity index (χ2v) is 4.67. The summed E-state index contributed by atoms with van der Waals surface area (Å²) >= 11 is 0. The van der Waals surface area contributed by atoms with Crippen LogP contribution in [0.5, 0.6) is 0 Å². The minimum atomic E-state index is 0.228. The van der Waals surface area contributed by atoms with E-state index in [0.717, 1.165) is 17.9 Å². The number of hydrogen-bond donors (Lipinski definition) is 2. The predicted octanol–water partition coefficient (Wildman–Crippen LogP) is 1.83. The number of nitrogen functional groups attached to an aromatic ring is 1. The van der Waals surface area contributed by atoms with Gasteiger partial charge in [0.1, 0.15) is 5.82 Å². The molecule has 0 amide bonds. The quantitative estimate of drug-likeness (QED) is 0.753. The number of aromatic nitrogens is 2. The zero-order chi connectivity index (χ0) is 10.8. The normalized spacial score (nSPS) is 11.4. The van der Waals surface area contributed by atoms with Crippen LogP contribution in [0, 0.1) is 12.3 Å². The average molecular weight is 194 g/mol. The van der Waals surface area contributed by atoms with Crippen molar-refractivity contribution in [2.24, 2.45) is 5.41 Å². The van der Waals surface area contributed by atoms with Gasteiger partial charge < -0.3 is 11.1 Å². The monoisotopic (exact) mass is 194 g/mol. The lowest BCUT2D eigenvalue weighted by molar-refractivity contribution is 0.442. The number of nitrogens with two attached hydrogens (primary N) is 1. The third kappa shape index (κ3) is 3.20. The van der Waals surface area contributed by atoms with E-state index < -0.39 is 0 Å². The number of hydrogen-bond acceptors (Lipinski definition) is 4. The molecular formula is C10H18N4. The standard InChI is InChI=1S/C10H18N4/c1-7-5-12-9(11)14-8(7)13-6-10(2,3)4/h5H,6H2,1-4H3,(H3,11,12,13,14). The van der Waals surface area contributed by atoms with Crippen LogP contribution in [0.4, 0.5) is 11.8 Å². The van der Waals surface area contributed by atoms with Crippen molar-refractivity contribution in [3.05, 3.63) is 11.8 Å². The predicted molar refractivity (Wildman–Crippen MR) is 59.1 cm³/mol. The van der Waals surface area contributed by atoms with Crippen LogP contribution in [-0.2, 0) is 0 Å². The summed E-state index contributed by atoms with van der Waals surface area (Å²) in [4.78, 5) is 8.04. The van der Waals surface area contributed by atoms with Gasteiger partial charge >= 0.3 is 0 Å². The zero-order valence-electron chi connectivity index (χ0n) is 9.26. The topological polar surface area (TPSA) is 63.8 Å². The number of rotatable bonds is 2. The molecule has 4 nitrogen and oxygen atoms in total. The molecule has 1 heterocycles. The lowest BCUT2D eigenvalue weighted by Crippen LogP contribution is -2.20. The molecule has 0 atom stereocenters. The van der Waals surface area contributed by atoms with Crippen LogP contribution in [0.1, 0.15) is 26.3 Å². The van der Waals surface area contributed by atoms with Gasteiger partial charge in [-0.1, -0.05) is 20.8 Å². The molecular weight excluding hydrogens is 176 g/mol. The van der Waals surface area contributed by atoms with E-state index in [1.54, 1.807) is 6.20 Å². The van der Waals surface area contributed by atoms with Crippen LogP contribution >= 0.6 is 0 Å². The van der Waals surface area contributed by atoms with E-state index >= 15 is 0 Å². The molecule has 0 radical (unpaired) electrons. The zero-order valence-corrected chi connectivity index (χ0v) is 9.26. The fourth-order valence-electron chi connectivity index (χ4n) is 0.984. The third-order valence-corrected chi connectivity index (χ3v) is 1.78. The first kappa shape index (κ1) is 10.8. The van der Waals surface area contributed by atoms with E-state index in [1.807, 2.05) is 6.92 Å².